The number of nitrogens with zero attached hydrogens (tertiary/aromatic N) is 2. The Morgan fingerprint density at radius 1 is 1.24 bits per heavy atom. The molecule has 1 heterocycles. The first-order chi connectivity index (χ1) is 8.15. The predicted octanol–water partition coefficient (Wildman–Crippen LogP) is 3.23. The highest BCUT2D eigenvalue weighted by Gasteiger charge is 2.06. The molecule has 0 fully saturated rings. The molecule has 0 saturated carbocycles. The van der Waals surface area contributed by atoms with E-state index in [2.05, 4.69) is 4.98 Å². The Morgan fingerprint density at radius 2 is 2.00 bits per heavy atom. The monoisotopic (exact) mass is 248 g/mol. The van der Waals surface area contributed by atoms with E-state index in [4.69, 9.17) is 11.6 Å². The highest BCUT2D eigenvalue weighted by molar-refractivity contribution is 6.29. The molecule has 0 N–H and O–H groups in total. The Labute approximate surface area is 103 Å². The number of hydrogen-bond donors (Lipinski definition) is 0. The molecule has 4 nitrogen and oxygen atoms in total. The summed E-state index contributed by atoms with van der Waals surface area (Å²) in [6.07, 6.45) is 0.530. The van der Waals surface area contributed by atoms with E-state index in [1.807, 2.05) is 18.2 Å². The highest BCUT2D eigenvalue weighted by Crippen LogP contribution is 2.16. The fraction of sp³-hybridized carbons (Fsp3) is 0.0833. The Morgan fingerprint density at radius 3 is 2.71 bits per heavy atom. The van der Waals surface area contributed by atoms with Gasteiger partial charge in [0.25, 0.3) is 5.69 Å². The fourth-order valence-corrected chi connectivity index (χ4v) is 1.72. The van der Waals surface area contributed by atoms with E-state index in [1.165, 1.54) is 6.07 Å². The summed E-state index contributed by atoms with van der Waals surface area (Å²) in [5.74, 6) is 0. The van der Waals surface area contributed by atoms with E-state index < -0.39 is 4.92 Å². The van der Waals surface area contributed by atoms with Gasteiger partial charge in [-0.15, -0.1) is 0 Å². The molecular weight excluding hydrogens is 240 g/mol. The van der Waals surface area contributed by atoms with Gasteiger partial charge in [0.15, 0.2) is 0 Å². The molecule has 0 atom stereocenters. The number of halogens is 1. The zero-order valence-corrected chi connectivity index (χ0v) is 9.59. The van der Waals surface area contributed by atoms with Crippen LogP contribution in [0.5, 0.6) is 0 Å². The van der Waals surface area contributed by atoms with E-state index in [0.717, 1.165) is 11.3 Å². The molecule has 0 radical (unpaired) electrons. The molecule has 5 heteroatoms. The summed E-state index contributed by atoms with van der Waals surface area (Å²) in [6.45, 7) is 0. The van der Waals surface area contributed by atoms with Gasteiger partial charge in [0.2, 0.25) is 0 Å². The van der Waals surface area contributed by atoms with Crippen LogP contribution >= 0.6 is 11.6 Å². The van der Waals surface area contributed by atoms with Crippen LogP contribution in [0.1, 0.15) is 11.3 Å². The molecule has 0 aliphatic rings. The summed E-state index contributed by atoms with van der Waals surface area (Å²) in [5.41, 5.74) is 1.72. The van der Waals surface area contributed by atoms with Gasteiger partial charge in [0.05, 0.1) is 4.92 Å². The van der Waals surface area contributed by atoms with Gasteiger partial charge in [-0.05, 0) is 17.7 Å². The number of nitro groups is 1. The van der Waals surface area contributed by atoms with Gasteiger partial charge in [-0.1, -0.05) is 29.8 Å². The largest absolute Gasteiger partial charge is 0.269 e. The van der Waals surface area contributed by atoms with Crippen LogP contribution in [0.2, 0.25) is 5.15 Å². The third kappa shape index (κ3) is 3.01. The predicted molar refractivity (Wildman–Crippen MR) is 65.1 cm³/mol. The topological polar surface area (TPSA) is 56.0 Å². The smallest absolute Gasteiger partial charge is 0.258 e. The molecule has 0 aliphatic carbocycles. The minimum absolute atomic E-state index is 0.0875. The second-order valence-electron chi connectivity index (χ2n) is 3.56. The molecule has 0 bridgehead atoms. The first-order valence-corrected chi connectivity index (χ1v) is 5.38. The number of rotatable bonds is 3. The van der Waals surface area contributed by atoms with Crippen molar-refractivity contribution < 1.29 is 4.92 Å². The fourth-order valence-electron chi connectivity index (χ4n) is 1.54. The molecule has 86 valence electrons. The van der Waals surface area contributed by atoms with E-state index in [9.17, 15) is 10.1 Å². The lowest BCUT2D eigenvalue weighted by atomic mass is 10.1. The maximum atomic E-state index is 10.6. The molecule has 0 unspecified atom stereocenters. The molecule has 0 amide bonds. The molecule has 17 heavy (non-hydrogen) atoms. The summed E-state index contributed by atoms with van der Waals surface area (Å²) in [7, 11) is 0. The Balaban J connectivity index is 2.24. The lowest BCUT2D eigenvalue weighted by Gasteiger charge is -2.01. The van der Waals surface area contributed by atoms with Crippen molar-refractivity contribution >= 4 is 17.3 Å². The van der Waals surface area contributed by atoms with E-state index in [0.29, 0.717) is 11.6 Å². The van der Waals surface area contributed by atoms with Gasteiger partial charge in [-0.2, -0.15) is 0 Å². The van der Waals surface area contributed by atoms with E-state index >= 15 is 0 Å². The molecule has 2 aromatic rings. The van der Waals surface area contributed by atoms with Crippen LogP contribution in [0, 0.1) is 10.1 Å². The zero-order chi connectivity index (χ0) is 12.3. The lowest BCUT2D eigenvalue weighted by Crippen LogP contribution is -1.94. The molecule has 0 aliphatic heterocycles. The Bertz CT molecular complexity index is 558. The van der Waals surface area contributed by atoms with Crippen LogP contribution in [0.4, 0.5) is 5.69 Å². The van der Waals surface area contributed by atoms with Crippen LogP contribution in [0.25, 0.3) is 0 Å². The summed E-state index contributed by atoms with van der Waals surface area (Å²) in [4.78, 5) is 14.4. The molecular formula is C12H9ClN2O2. The summed E-state index contributed by atoms with van der Waals surface area (Å²) >= 11 is 5.77. The van der Waals surface area contributed by atoms with Crippen LogP contribution < -0.4 is 0 Å². The van der Waals surface area contributed by atoms with Gasteiger partial charge in [0.1, 0.15) is 5.15 Å². The van der Waals surface area contributed by atoms with Gasteiger partial charge in [-0.3, -0.25) is 10.1 Å². The van der Waals surface area contributed by atoms with Crippen molar-refractivity contribution in [3.63, 3.8) is 0 Å². The first-order valence-electron chi connectivity index (χ1n) is 5.00. The normalized spacial score (nSPS) is 10.2. The number of nitro benzene ring substituents is 1. The third-order valence-electron chi connectivity index (χ3n) is 2.28. The third-order valence-corrected chi connectivity index (χ3v) is 2.49. The minimum Gasteiger partial charge on any atom is -0.258 e. The van der Waals surface area contributed by atoms with Gasteiger partial charge < -0.3 is 0 Å². The molecule has 2 rings (SSSR count). The van der Waals surface area contributed by atoms with Crippen molar-refractivity contribution in [1.29, 1.82) is 0 Å². The van der Waals surface area contributed by atoms with Gasteiger partial charge in [0, 0.05) is 24.2 Å². The van der Waals surface area contributed by atoms with Crippen LogP contribution in [-0.2, 0) is 6.42 Å². The van der Waals surface area contributed by atoms with Crippen molar-refractivity contribution in [2.45, 2.75) is 6.42 Å². The van der Waals surface area contributed by atoms with Crippen LogP contribution in [0.3, 0.4) is 0 Å². The van der Waals surface area contributed by atoms with Gasteiger partial charge in [-0.25, -0.2) is 4.98 Å². The Kier molecular flexibility index (Phi) is 3.35. The summed E-state index contributed by atoms with van der Waals surface area (Å²) in [5, 5.41) is 11.1. The molecule has 1 aromatic carbocycles. The van der Waals surface area contributed by atoms with E-state index in [-0.39, 0.29) is 5.69 Å². The highest BCUT2D eigenvalue weighted by atomic mass is 35.5. The molecule has 0 spiro atoms. The quantitative estimate of drug-likeness (QED) is 0.476. The summed E-state index contributed by atoms with van der Waals surface area (Å²) < 4.78 is 0. The summed E-state index contributed by atoms with van der Waals surface area (Å²) in [6, 6.07) is 11.8. The number of benzene rings is 1. The first kappa shape index (κ1) is 11.5. The van der Waals surface area contributed by atoms with Crippen LogP contribution in [0.15, 0.2) is 42.5 Å². The Hall–Kier alpha value is -1.94. The number of hydrogen-bond acceptors (Lipinski definition) is 3. The van der Waals surface area contributed by atoms with Crippen molar-refractivity contribution in [2.24, 2.45) is 0 Å². The van der Waals surface area contributed by atoms with Crippen molar-refractivity contribution in [2.75, 3.05) is 0 Å². The standard InChI is InChI=1S/C12H9ClN2O2/c13-12-6-2-4-10(14-12)7-9-3-1-5-11(8-9)15(16)17/h1-6,8H,7H2. The second-order valence-corrected chi connectivity index (χ2v) is 3.94. The van der Waals surface area contributed by atoms with E-state index in [1.54, 1.807) is 18.2 Å². The SMILES string of the molecule is O=[N+]([O-])c1cccc(Cc2cccc(Cl)n2)c1. The number of pyridine rings is 1. The minimum atomic E-state index is -0.408. The maximum absolute atomic E-state index is 10.6. The second kappa shape index (κ2) is 4.93. The zero-order valence-electron chi connectivity index (χ0n) is 8.84. The molecule has 1 aromatic heterocycles. The lowest BCUT2D eigenvalue weighted by molar-refractivity contribution is -0.384. The van der Waals surface area contributed by atoms with Crippen molar-refractivity contribution in [3.05, 3.63) is 69.0 Å². The average molecular weight is 249 g/mol. The van der Waals surface area contributed by atoms with Crippen molar-refractivity contribution in [1.82, 2.24) is 4.98 Å². The number of non-ortho nitro benzene ring substituents is 1. The maximum Gasteiger partial charge on any atom is 0.269 e. The van der Waals surface area contributed by atoms with Gasteiger partial charge >= 0.3 is 0 Å². The average Bonchev–Trinajstić information content (AvgIpc) is 2.29. The van der Waals surface area contributed by atoms with Crippen molar-refractivity contribution in [3.8, 4) is 0 Å². The number of aromatic nitrogens is 1. The molecule has 0 saturated heterocycles. The van der Waals surface area contributed by atoms with Crippen LogP contribution in [-0.4, -0.2) is 9.91 Å².